The molecule has 36 heavy (non-hydrogen) atoms. The topological polar surface area (TPSA) is 89.7 Å². The van der Waals surface area contributed by atoms with Crippen LogP contribution in [0.1, 0.15) is 36.2 Å². The summed E-state index contributed by atoms with van der Waals surface area (Å²) in [5.74, 6) is -2.12. The molecule has 188 valence electrons. The summed E-state index contributed by atoms with van der Waals surface area (Å²) in [6.07, 6.45) is 8.74. The summed E-state index contributed by atoms with van der Waals surface area (Å²) in [5.41, 5.74) is 1.06. The molecule has 1 fully saturated rings. The molecule has 13 heteroatoms. The number of anilines is 1. The van der Waals surface area contributed by atoms with Crippen molar-refractivity contribution in [3.05, 3.63) is 60.2 Å². The number of rotatable bonds is 6. The number of halogens is 4. The molecule has 1 aliphatic rings. The Bertz CT molecular complexity index is 1440. The summed E-state index contributed by atoms with van der Waals surface area (Å²) < 4.78 is 46.4. The molecule has 1 amide bonds. The lowest BCUT2D eigenvalue weighted by Crippen LogP contribution is -2.42. The van der Waals surface area contributed by atoms with Crippen molar-refractivity contribution in [1.29, 1.82) is 0 Å². The molecule has 0 spiro atoms. The van der Waals surface area contributed by atoms with Gasteiger partial charge in [-0.2, -0.15) is 0 Å². The van der Waals surface area contributed by atoms with Crippen molar-refractivity contribution in [3.8, 4) is 11.4 Å². The van der Waals surface area contributed by atoms with Gasteiger partial charge in [0.25, 0.3) is 5.91 Å². The smallest absolute Gasteiger partial charge is 0.269 e. The van der Waals surface area contributed by atoms with Crippen LogP contribution in [-0.4, -0.2) is 41.5 Å². The van der Waals surface area contributed by atoms with E-state index in [1.54, 1.807) is 28.1 Å². The van der Waals surface area contributed by atoms with E-state index < -0.39 is 17.5 Å². The van der Waals surface area contributed by atoms with Gasteiger partial charge in [-0.15, -0.1) is 0 Å². The highest BCUT2D eigenvalue weighted by Crippen LogP contribution is 2.36. The van der Waals surface area contributed by atoms with Crippen LogP contribution in [0.15, 0.2) is 37.1 Å². The first-order chi connectivity index (χ1) is 17.3. The van der Waals surface area contributed by atoms with Gasteiger partial charge in [0.2, 0.25) is 0 Å². The number of aromatic nitrogens is 5. The van der Waals surface area contributed by atoms with Crippen LogP contribution in [-0.2, 0) is 7.05 Å². The van der Waals surface area contributed by atoms with E-state index in [0.29, 0.717) is 23.1 Å². The highest BCUT2D eigenvalue weighted by Gasteiger charge is 2.26. The normalized spacial score (nSPS) is 17.9. The van der Waals surface area contributed by atoms with Gasteiger partial charge in [-0.25, -0.2) is 28.1 Å². The number of benzene rings is 1. The minimum atomic E-state index is -0.723. The summed E-state index contributed by atoms with van der Waals surface area (Å²) in [4.78, 5) is 25.0. The molecule has 0 saturated heterocycles. The number of carbonyl (C=O) groups is 1. The Balaban J connectivity index is 1.37. The predicted octanol–water partition coefficient (Wildman–Crippen LogP) is 5.25. The molecule has 1 aliphatic carbocycles. The van der Waals surface area contributed by atoms with Crippen LogP contribution >= 0.6 is 30.3 Å². The zero-order chi connectivity index (χ0) is 25.4. The van der Waals surface area contributed by atoms with E-state index in [4.69, 9.17) is 0 Å². The van der Waals surface area contributed by atoms with Crippen LogP contribution in [0.4, 0.5) is 19.0 Å². The van der Waals surface area contributed by atoms with Gasteiger partial charge in [-0.3, -0.25) is 8.77 Å². The molecule has 1 saturated carbocycles. The first-order valence-electron chi connectivity index (χ1n) is 11.2. The molecule has 1 aromatic carbocycles. The molecule has 2 N–H and O–H groups in total. The first kappa shape index (κ1) is 24.9. The zero-order valence-corrected chi connectivity index (χ0v) is 22.0. The zero-order valence-electron chi connectivity index (χ0n) is 19.0. The maximum atomic E-state index is 14.7. The van der Waals surface area contributed by atoms with Crippen LogP contribution in [0.5, 0.6) is 0 Å². The molecule has 0 radical (unpaired) electrons. The maximum absolute atomic E-state index is 14.7. The average Bonchev–Trinajstić information content (AvgIpc) is 3.44. The van der Waals surface area contributed by atoms with Crippen LogP contribution < -0.4 is 10.6 Å². The molecule has 8 nitrogen and oxygen atoms in total. The summed E-state index contributed by atoms with van der Waals surface area (Å²) in [6, 6.07) is 1.82. The van der Waals surface area contributed by atoms with Crippen molar-refractivity contribution in [1.82, 2.24) is 28.8 Å². The molecule has 2 unspecified atom stereocenters. The van der Waals surface area contributed by atoms with E-state index in [1.165, 1.54) is 21.4 Å². The number of amides is 1. The number of hydrogen-bond acceptors (Lipinski definition) is 6. The van der Waals surface area contributed by atoms with E-state index in [1.807, 2.05) is 21.2 Å². The fourth-order valence-corrected chi connectivity index (χ4v) is 5.89. The van der Waals surface area contributed by atoms with Crippen LogP contribution in [0.3, 0.4) is 0 Å². The molecule has 5 rings (SSSR count). The van der Waals surface area contributed by atoms with Crippen molar-refractivity contribution in [3.63, 3.8) is 0 Å². The van der Waals surface area contributed by atoms with E-state index in [9.17, 15) is 18.0 Å². The number of aryl methyl sites for hydroxylation is 1. The molecule has 2 atom stereocenters. The monoisotopic (exact) mass is 627 g/mol. The first-order valence-corrected chi connectivity index (χ1v) is 14.5. The van der Waals surface area contributed by atoms with E-state index in [-0.39, 0.29) is 35.1 Å². The van der Waals surface area contributed by atoms with Crippen molar-refractivity contribution in [2.75, 3.05) is 5.32 Å². The Kier molecular flexibility index (Phi) is 7.10. The van der Waals surface area contributed by atoms with E-state index in [2.05, 4.69) is 25.6 Å². The summed E-state index contributed by atoms with van der Waals surface area (Å²) >= 11 is 1.99. The number of imidazole rings is 1. The third-order valence-electron chi connectivity index (χ3n) is 6.24. The van der Waals surface area contributed by atoms with Gasteiger partial charge >= 0.3 is 0 Å². The van der Waals surface area contributed by atoms with Crippen LogP contribution in [0.25, 0.3) is 22.3 Å². The van der Waals surface area contributed by atoms with Crippen molar-refractivity contribution < 1.29 is 18.0 Å². The second kappa shape index (κ2) is 10.3. The van der Waals surface area contributed by atoms with Gasteiger partial charge in [-0.05, 0) is 31.7 Å². The average molecular weight is 627 g/mol. The predicted molar refractivity (Wildman–Crippen MR) is 140 cm³/mol. The van der Waals surface area contributed by atoms with Crippen molar-refractivity contribution in [2.45, 2.75) is 37.8 Å². The quantitative estimate of drug-likeness (QED) is 0.284. The second-order valence-electron chi connectivity index (χ2n) is 8.68. The number of nitrogens with zero attached hydrogens (tertiary/aromatic N) is 5. The molecule has 0 bridgehead atoms. The number of fused-ring (bicyclic) bond motifs is 1. The summed E-state index contributed by atoms with van der Waals surface area (Å²) in [6.45, 7) is 0. The summed E-state index contributed by atoms with van der Waals surface area (Å²) in [5, 5.41) is 6.47. The Morgan fingerprint density at radius 1 is 1.17 bits per heavy atom. The molecular weight excluding hydrogens is 606 g/mol. The fraction of sp³-hybridized carbons (Fsp3) is 0.304. The van der Waals surface area contributed by atoms with Crippen LogP contribution in [0, 0.1) is 17.5 Å². The minimum absolute atomic E-state index is 0.00325. The minimum Gasteiger partial charge on any atom is -0.365 e. The van der Waals surface area contributed by atoms with E-state index in [0.717, 1.165) is 31.5 Å². The van der Waals surface area contributed by atoms with Gasteiger partial charge in [0, 0.05) is 72.7 Å². The second-order valence-corrected chi connectivity index (χ2v) is 10.4. The van der Waals surface area contributed by atoms with Gasteiger partial charge in [0.15, 0.2) is 23.3 Å². The SMILES string of the molecule is Cn1cncc1C(=O)NC1CCCC(Nc2nc(-c3cn(SI)c4c(F)cc(F)cc34)ncc2F)C1. The fourth-order valence-electron chi connectivity index (χ4n) is 4.56. The molecule has 3 heterocycles. The number of hydrogen-bond donors (Lipinski definition) is 2. The number of nitrogens with one attached hydrogen (secondary N) is 2. The Morgan fingerprint density at radius 3 is 2.72 bits per heavy atom. The van der Waals surface area contributed by atoms with Gasteiger partial charge < -0.3 is 15.2 Å². The van der Waals surface area contributed by atoms with Crippen molar-refractivity contribution in [2.24, 2.45) is 7.05 Å². The van der Waals surface area contributed by atoms with E-state index >= 15 is 0 Å². The van der Waals surface area contributed by atoms with Crippen LogP contribution in [0.2, 0.25) is 0 Å². The van der Waals surface area contributed by atoms with Gasteiger partial charge in [-0.1, -0.05) is 0 Å². The summed E-state index contributed by atoms with van der Waals surface area (Å²) in [7, 11) is 2.97. The molecule has 4 aromatic rings. The lowest BCUT2D eigenvalue weighted by atomic mass is 9.91. The lowest BCUT2D eigenvalue weighted by molar-refractivity contribution is 0.0918. The Morgan fingerprint density at radius 2 is 1.97 bits per heavy atom. The lowest BCUT2D eigenvalue weighted by Gasteiger charge is -2.30. The highest BCUT2D eigenvalue weighted by atomic mass is 127. The third kappa shape index (κ3) is 4.90. The molecular formula is C23H21F3IN7OS. The van der Waals surface area contributed by atoms with Gasteiger partial charge in [0.05, 0.1) is 24.2 Å². The maximum Gasteiger partial charge on any atom is 0.269 e. The number of carbonyl (C=O) groups excluding carboxylic acids is 1. The molecule has 3 aromatic heterocycles. The molecule has 0 aliphatic heterocycles. The van der Waals surface area contributed by atoms with Gasteiger partial charge in [0.1, 0.15) is 11.5 Å². The third-order valence-corrected chi connectivity index (χ3v) is 7.95. The Labute approximate surface area is 220 Å². The standard InChI is InChI=1S/C23H21F3IN7OS/c1-33-11-28-9-19(33)23(35)31-14-4-2-3-13(7-14)30-22-18(26)8-29-21(32-22)16-10-34(36-27)20-15(16)5-12(24)6-17(20)25/h5-6,8-11,13-14H,2-4,7H2,1H3,(H,31,35)(H,29,30,32). The largest absolute Gasteiger partial charge is 0.365 e. The Hall–Kier alpha value is -2.81. The highest BCUT2D eigenvalue weighted by molar-refractivity contribution is 14.2. The van der Waals surface area contributed by atoms with Crippen molar-refractivity contribution >= 4 is 53.0 Å².